The molecule has 0 saturated heterocycles. The van der Waals surface area contributed by atoms with Crippen molar-refractivity contribution in [1.29, 1.82) is 0 Å². The number of nitrogens with one attached hydrogen (secondary N) is 1. The number of hydrogen-bond donors (Lipinski definition) is 2. The molecule has 4 nitrogen and oxygen atoms in total. The van der Waals surface area contributed by atoms with Crippen molar-refractivity contribution >= 4 is 11.9 Å². The number of aliphatic carboxylic acids is 1. The van der Waals surface area contributed by atoms with Gasteiger partial charge < -0.3 is 10.4 Å². The summed E-state index contributed by atoms with van der Waals surface area (Å²) in [5.41, 5.74) is 0.477. The zero-order chi connectivity index (χ0) is 14.4. The fraction of sp³-hybridized carbons (Fsp3) is 0.467. The second-order valence-electron chi connectivity index (χ2n) is 5.26. The van der Waals surface area contributed by atoms with Gasteiger partial charge in [-0.05, 0) is 30.4 Å². The molecule has 1 aromatic carbocycles. The third-order valence-electron chi connectivity index (χ3n) is 3.00. The summed E-state index contributed by atoms with van der Waals surface area (Å²) in [7, 11) is 0. The van der Waals surface area contributed by atoms with Gasteiger partial charge in [-0.25, -0.2) is 4.79 Å². The maximum Gasteiger partial charge on any atom is 0.326 e. The zero-order valence-corrected chi connectivity index (χ0v) is 11.6. The van der Waals surface area contributed by atoms with Gasteiger partial charge in [0.05, 0.1) is 0 Å². The Morgan fingerprint density at radius 2 is 1.74 bits per heavy atom. The Balaban J connectivity index is 2.74. The lowest BCUT2D eigenvalue weighted by molar-refractivity contribution is -0.140. The first-order valence-corrected chi connectivity index (χ1v) is 6.50. The predicted molar refractivity (Wildman–Crippen MR) is 74.0 cm³/mol. The summed E-state index contributed by atoms with van der Waals surface area (Å²) in [6.45, 7) is 5.92. The van der Waals surface area contributed by atoms with Crippen molar-refractivity contribution in [3.8, 4) is 0 Å². The summed E-state index contributed by atoms with van der Waals surface area (Å²) in [5.74, 6) is -1.04. The Morgan fingerprint density at radius 1 is 1.16 bits per heavy atom. The number of carboxylic acids is 1. The summed E-state index contributed by atoms with van der Waals surface area (Å²) in [4.78, 5) is 23.2. The molecule has 0 aliphatic rings. The Bertz CT molecular complexity index is 428. The third kappa shape index (κ3) is 4.73. The van der Waals surface area contributed by atoms with E-state index in [0.29, 0.717) is 11.5 Å². The van der Waals surface area contributed by atoms with Crippen LogP contribution in [0, 0.1) is 11.8 Å². The van der Waals surface area contributed by atoms with Crippen LogP contribution in [0.25, 0.3) is 0 Å². The van der Waals surface area contributed by atoms with E-state index >= 15 is 0 Å². The maximum absolute atomic E-state index is 12.0. The van der Waals surface area contributed by atoms with Crippen molar-refractivity contribution in [2.75, 3.05) is 0 Å². The van der Waals surface area contributed by atoms with Crippen LogP contribution in [-0.2, 0) is 4.79 Å². The molecule has 19 heavy (non-hydrogen) atoms. The van der Waals surface area contributed by atoms with E-state index in [2.05, 4.69) is 5.32 Å². The van der Waals surface area contributed by atoms with Crippen LogP contribution in [-0.4, -0.2) is 23.0 Å². The summed E-state index contributed by atoms with van der Waals surface area (Å²) in [6, 6.07) is 7.80. The smallest absolute Gasteiger partial charge is 0.326 e. The SMILES string of the molecule is CC(C)CC(C)C(NC(=O)c1ccccc1)C(=O)O. The predicted octanol–water partition coefficient (Wildman–Crippen LogP) is 2.55. The van der Waals surface area contributed by atoms with Crippen molar-refractivity contribution in [2.45, 2.75) is 33.2 Å². The molecule has 0 fully saturated rings. The van der Waals surface area contributed by atoms with Gasteiger partial charge in [0.2, 0.25) is 0 Å². The Hall–Kier alpha value is -1.84. The number of rotatable bonds is 6. The monoisotopic (exact) mass is 263 g/mol. The second kappa shape index (κ2) is 6.92. The topological polar surface area (TPSA) is 66.4 Å². The minimum atomic E-state index is -0.988. The Labute approximate surface area is 113 Å². The Morgan fingerprint density at radius 3 is 2.21 bits per heavy atom. The summed E-state index contributed by atoms with van der Waals surface area (Å²) in [5, 5.41) is 11.8. The van der Waals surface area contributed by atoms with E-state index in [1.54, 1.807) is 24.3 Å². The van der Waals surface area contributed by atoms with E-state index in [0.717, 1.165) is 6.42 Å². The molecule has 2 unspecified atom stereocenters. The van der Waals surface area contributed by atoms with E-state index in [4.69, 9.17) is 0 Å². The molecule has 1 aromatic rings. The van der Waals surface area contributed by atoms with Crippen molar-refractivity contribution in [3.63, 3.8) is 0 Å². The average molecular weight is 263 g/mol. The molecule has 1 rings (SSSR count). The van der Waals surface area contributed by atoms with Gasteiger partial charge in [0, 0.05) is 5.56 Å². The molecule has 2 atom stereocenters. The second-order valence-corrected chi connectivity index (χ2v) is 5.26. The molecular formula is C15H21NO3. The minimum Gasteiger partial charge on any atom is -0.480 e. The zero-order valence-electron chi connectivity index (χ0n) is 11.6. The molecule has 0 aromatic heterocycles. The first kappa shape index (κ1) is 15.2. The maximum atomic E-state index is 12.0. The molecule has 0 bridgehead atoms. The quantitative estimate of drug-likeness (QED) is 0.829. The normalized spacial score (nSPS) is 13.9. The standard InChI is InChI=1S/C15H21NO3/c1-10(2)9-11(3)13(15(18)19)16-14(17)12-7-5-4-6-8-12/h4-8,10-11,13H,9H2,1-3H3,(H,16,17)(H,18,19). The molecule has 4 heteroatoms. The molecule has 104 valence electrons. The molecule has 1 amide bonds. The summed E-state index contributed by atoms with van der Waals surface area (Å²) >= 11 is 0. The van der Waals surface area contributed by atoms with Crippen LogP contribution in [0.4, 0.5) is 0 Å². The Kier molecular flexibility index (Phi) is 5.55. The van der Waals surface area contributed by atoms with E-state index in [1.165, 1.54) is 0 Å². The van der Waals surface area contributed by atoms with E-state index in [9.17, 15) is 14.7 Å². The molecular weight excluding hydrogens is 242 g/mol. The lowest BCUT2D eigenvalue weighted by atomic mass is 9.92. The van der Waals surface area contributed by atoms with Crippen LogP contribution in [0.2, 0.25) is 0 Å². The van der Waals surface area contributed by atoms with Gasteiger partial charge in [-0.2, -0.15) is 0 Å². The van der Waals surface area contributed by atoms with Crippen LogP contribution in [0.5, 0.6) is 0 Å². The third-order valence-corrected chi connectivity index (χ3v) is 3.00. The van der Waals surface area contributed by atoms with Crippen LogP contribution >= 0.6 is 0 Å². The van der Waals surface area contributed by atoms with Crippen LogP contribution in [0.15, 0.2) is 30.3 Å². The number of hydrogen-bond acceptors (Lipinski definition) is 2. The van der Waals surface area contributed by atoms with Crippen molar-refractivity contribution in [2.24, 2.45) is 11.8 Å². The number of amides is 1. The fourth-order valence-corrected chi connectivity index (χ4v) is 2.14. The minimum absolute atomic E-state index is 0.106. The number of carboxylic acid groups (broad SMARTS) is 1. The van der Waals surface area contributed by atoms with E-state index in [1.807, 2.05) is 26.8 Å². The molecule has 0 spiro atoms. The molecule has 0 aliphatic carbocycles. The highest BCUT2D eigenvalue weighted by molar-refractivity contribution is 5.96. The van der Waals surface area contributed by atoms with Crippen LogP contribution in [0.3, 0.4) is 0 Å². The molecule has 0 radical (unpaired) electrons. The van der Waals surface area contributed by atoms with Gasteiger partial charge >= 0.3 is 5.97 Å². The lowest BCUT2D eigenvalue weighted by Gasteiger charge is -2.22. The van der Waals surface area contributed by atoms with Crippen molar-refractivity contribution in [3.05, 3.63) is 35.9 Å². The van der Waals surface area contributed by atoms with Crippen molar-refractivity contribution < 1.29 is 14.7 Å². The average Bonchev–Trinajstić information content (AvgIpc) is 2.35. The summed E-state index contributed by atoms with van der Waals surface area (Å²) in [6.07, 6.45) is 0.756. The van der Waals surface area contributed by atoms with Gasteiger partial charge in [-0.1, -0.05) is 39.0 Å². The first-order chi connectivity index (χ1) is 8.91. The molecule has 0 aliphatic heterocycles. The highest BCUT2D eigenvalue weighted by atomic mass is 16.4. The van der Waals surface area contributed by atoms with E-state index in [-0.39, 0.29) is 11.8 Å². The number of carbonyl (C=O) groups is 2. The highest BCUT2D eigenvalue weighted by Gasteiger charge is 2.27. The van der Waals surface area contributed by atoms with Gasteiger partial charge in [-0.15, -0.1) is 0 Å². The van der Waals surface area contributed by atoms with Crippen molar-refractivity contribution in [1.82, 2.24) is 5.32 Å². The van der Waals surface area contributed by atoms with Crippen LogP contribution < -0.4 is 5.32 Å². The first-order valence-electron chi connectivity index (χ1n) is 6.50. The number of carbonyl (C=O) groups excluding carboxylic acids is 1. The molecule has 0 saturated carbocycles. The summed E-state index contributed by atoms with van der Waals surface area (Å²) < 4.78 is 0. The van der Waals surface area contributed by atoms with Gasteiger partial charge in [0.1, 0.15) is 6.04 Å². The van der Waals surface area contributed by atoms with Crippen LogP contribution in [0.1, 0.15) is 37.6 Å². The highest BCUT2D eigenvalue weighted by Crippen LogP contribution is 2.16. The lowest BCUT2D eigenvalue weighted by Crippen LogP contribution is -2.45. The van der Waals surface area contributed by atoms with Gasteiger partial charge in [-0.3, -0.25) is 4.79 Å². The van der Waals surface area contributed by atoms with Gasteiger partial charge in [0.25, 0.3) is 5.91 Å². The van der Waals surface area contributed by atoms with E-state index < -0.39 is 12.0 Å². The van der Waals surface area contributed by atoms with Gasteiger partial charge in [0.15, 0.2) is 0 Å². The fourth-order valence-electron chi connectivity index (χ4n) is 2.14. The largest absolute Gasteiger partial charge is 0.480 e. The number of benzene rings is 1. The molecule has 0 heterocycles. The molecule has 2 N–H and O–H groups in total.